The van der Waals surface area contributed by atoms with Crippen molar-refractivity contribution in [3.8, 4) is 11.5 Å². The summed E-state index contributed by atoms with van der Waals surface area (Å²) in [7, 11) is 1.43. The minimum Gasteiger partial charge on any atom is -0.493 e. The highest BCUT2D eigenvalue weighted by Gasteiger charge is 2.19. The molecule has 0 saturated heterocycles. The largest absolute Gasteiger partial charge is 0.493 e. The van der Waals surface area contributed by atoms with Crippen LogP contribution in [-0.4, -0.2) is 24.9 Å². The van der Waals surface area contributed by atoms with Crippen molar-refractivity contribution in [3.63, 3.8) is 0 Å². The molecule has 20 heavy (non-hydrogen) atoms. The number of hydrogen-bond donors (Lipinski definition) is 0. The molecule has 0 atom stereocenters. The summed E-state index contributed by atoms with van der Waals surface area (Å²) in [6.07, 6.45) is 4.62. The van der Waals surface area contributed by atoms with Gasteiger partial charge in [-0.3, -0.25) is 14.9 Å². The maximum Gasteiger partial charge on any atom is 0.283 e. The van der Waals surface area contributed by atoms with Crippen LogP contribution in [0.3, 0.4) is 0 Å². The van der Waals surface area contributed by atoms with Crippen LogP contribution in [0.5, 0.6) is 11.5 Å². The molecule has 1 aromatic rings. The highest BCUT2D eigenvalue weighted by molar-refractivity contribution is 5.83. The topological polar surface area (TPSA) is 78.7 Å². The SMILES string of the molecule is CCCCCCOc1cc([N+](=O)[O-])c(C=O)cc1OC. The number of nitro groups is 1. The van der Waals surface area contributed by atoms with Gasteiger partial charge in [0.15, 0.2) is 17.8 Å². The van der Waals surface area contributed by atoms with Gasteiger partial charge >= 0.3 is 0 Å². The second-order valence-electron chi connectivity index (χ2n) is 4.35. The fourth-order valence-electron chi connectivity index (χ4n) is 1.80. The Hall–Kier alpha value is -2.11. The molecular weight excluding hydrogens is 262 g/mol. The van der Waals surface area contributed by atoms with Gasteiger partial charge in [-0.15, -0.1) is 0 Å². The van der Waals surface area contributed by atoms with Crippen LogP contribution in [0.4, 0.5) is 5.69 Å². The van der Waals surface area contributed by atoms with E-state index in [1.54, 1.807) is 0 Å². The number of nitrogens with zero attached hydrogens (tertiary/aromatic N) is 1. The van der Waals surface area contributed by atoms with Gasteiger partial charge in [-0.25, -0.2) is 0 Å². The summed E-state index contributed by atoms with van der Waals surface area (Å²) in [5, 5.41) is 10.9. The minimum absolute atomic E-state index is 0.0230. The fraction of sp³-hybridized carbons (Fsp3) is 0.500. The van der Waals surface area contributed by atoms with E-state index in [1.807, 2.05) is 0 Å². The first-order chi connectivity index (χ1) is 9.63. The first-order valence-electron chi connectivity index (χ1n) is 6.58. The van der Waals surface area contributed by atoms with E-state index in [9.17, 15) is 14.9 Å². The molecule has 0 N–H and O–H groups in total. The van der Waals surface area contributed by atoms with Gasteiger partial charge in [0.05, 0.1) is 30.3 Å². The van der Waals surface area contributed by atoms with E-state index in [4.69, 9.17) is 9.47 Å². The van der Waals surface area contributed by atoms with Crippen molar-refractivity contribution in [2.75, 3.05) is 13.7 Å². The van der Waals surface area contributed by atoms with E-state index in [-0.39, 0.29) is 11.3 Å². The van der Waals surface area contributed by atoms with Gasteiger partial charge in [0.2, 0.25) is 0 Å². The number of benzene rings is 1. The summed E-state index contributed by atoms with van der Waals surface area (Å²) in [6, 6.07) is 2.56. The van der Waals surface area contributed by atoms with Crippen LogP contribution in [0, 0.1) is 10.1 Å². The minimum atomic E-state index is -0.604. The van der Waals surface area contributed by atoms with E-state index in [0.29, 0.717) is 24.4 Å². The zero-order chi connectivity index (χ0) is 15.0. The molecule has 0 aromatic heterocycles. The van der Waals surface area contributed by atoms with Crippen LogP contribution in [0.25, 0.3) is 0 Å². The summed E-state index contributed by atoms with van der Waals surface area (Å²) in [6.45, 7) is 2.58. The van der Waals surface area contributed by atoms with Crippen LogP contribution in [-0.2, 0) is 0 Å². The van der Waals surface area contributed by atoms with Gasteiger partial charge in [0, 0.05) is 6.07 Å². The monoisotopic (exact) mass is 281 g/mol. The number of carbonyl (C=O) groups is 1. The van der Waals surface area contributed by atoms with Gasteiger partial charge in [-0.2, -0.15) is 0 Å². The second-order valence-corrected chi connectivity index (χ2v) is 4.35. The average Bonchev–Trinajstić information content (AvgIpc) is 2.46. The molecule has 0 spiro atoms. The third kappa shape index (κ3) is 4.22. The van der Waals surface area contributed by atoms with E-state index < -0.39 is 4.92 Å². The van der Waals surface area contributed by atoms with E-state index >= 15 is 0 Å². The average molecular weight is 281 g/mol. The first kappa shape index (κ1) is 15.9. The summed E-state index contributed by atoms with van der Waals surface area (Å²) in [4.78, 5) is 21.1. The summed E-state index contributed by atoms with van der Waals surface area (Å²) in [5.74, 6) is 0.620. The number of hydrogen-bond acceptors (Lipinski definition) is 5. The van der Waals surface area contributed by atoms with Crippen LogP contribution < -0.4 is 9.47 Å². The van der Waals surface area contributed by atoms with Crippen LogP contribution in [0.1, 0.15) is 43.0 Å². The number of carbonyl (C=O) groups excluding carboxylic acids is 1. The molecule has 0 fully saturated rings. The molecule has 0 amide bonds. The van der Waals surface area contributed by atoms with Crippen molar-refractivity contribution in [2.45, 2.75) is 32.6 Å². The molecule has 0 aliphatic heterocycles. The molecule has 0 bridgehead atoms. The Morgan fingerprint density at radius 2 is 2.00 bits per heavy atom. The Bertz CT molecular complexity index is 473. The smallest absolute Gasteiger partial charge is 0.283 e. The summed E-state index contributed by atoms with van der Waals surface area (Å²) in [5.41, 5.74) is -0.297. The third-order valence-corrected chi connectivity index (χ3v) is 2.89. The number of ether oxygens (including phenoxy) is 2. The number of rotatable bonds is 9. The Morgan fingerprint density at radius 1 is 1.25 bits per heavy atom. The Balaban J connectivity index is 2.85. The second kappa shape index (κ2) is 8.14. The molecule has 1 aromatic carbocycles. The Kier molecular flexibility index (Phi) is 6.49. The molecule has 110 valence electrons. The summed E-state index contributed by atoms with van der Waals surface area (Å²) >= 11 is 0. The lowest BCUT2D eigenvalue weighted by atomic mass is 10.1. The van der Waals surface area contributed by atoms with Gasteiger partial charge in [-0.1, -0.05) is 26.2 Å². The molecule has 6 heteroatoms. The lowest BCUT2D eigenvalue weighted by Gasteiger charge is -2.11. The van der Waals surface area contributed by atoms with E-state index in [1.165, 1.54) is 19.2 Å². The van der Waals surface area contributed by atoms with Crippen LogP contribution >= 0.6 is 0 Å². The molecule has 0 radical (unpaired) electrons. The van der Waals surface area contributed by atoms with Crippen LogP contribution in [0.15, 0.2) is 12.1 Å². The highest BCUT2D eigenvalue weighted by Crippen LogP contribution is 2.34. The number of methoxy groups -OCH3 is 1. The molecule has 0 unspecified atom stereocenters. The molecule has 0 saturated carbocycles. The van der Waals surface area contributed by atoms with E-state index in [0.717, 1.165) is 25.7 Å². The predicted molar refractivity (Wildman–Crippen MR) is 74.7 cm³/mol. The van der Waals surface area contributed by atoms with Crippen LogP contribution in [0.2, 0.25) is 0 Å². The maximum absolute atomic E-state index is 10.9. The zero-order valence-corrected chi connectivity index (χ0v) is 11.8. The van der Waals surface area contributed by atoms with Crippen molar-refractivity contribution < 1.29 is 19.2 Å². The quantitative estimate of drug-likeness (QED) is 0.300. The van der Waals surface area contributed by atoms with Crippen molar-refractivity contribution in [1.82, 2.24) is 0 Å². The molecule has 0 heterocycles. The van der Waals surface area contributed by atoms with Crippen molar-refractivity contribution in [1.29, 1.82) is 0 Å². The van der Waals surface area contributed by atoms with Crippen molar-refractivity contribution in [2.24, 2.45) is 0 Å². The molecule has 0 aliphatic rings. The Labute approximate surface area is 117 Å². The van der Waals surface area contributed by atoms with Gasteiger partial charge in [0.25, 0.3) is 5.69 Å². The van der Waals surface area contributed by atoms with Crippen molar-refractivity contribution >= 4 is 12.0 Å². The van der Waals surface area contributed by atoms with Gasteiger partial charge in [0.1, 0.15) is 0 Å². The predicted octanol–water partition coefficient (Wildman–Crippen LogP) is 3.38. The Morgan fingerprint density at radius 3 is 2.55 bits per heavy atom. The van der Waals surface area contributed by atoms with Crippen molar-refractivity contribution in [3.05, 3.63) is 27.8 Å². The number of nitro benzene ring substituents is 1. The normalized spacial score (nSPS) is 10.1. The zero-order valence-electron chi connectivity index (χ0n) is 11.8. The molecule has 6 nitrogen and oxygen atoms in total. The lowest BCUT2D eigenvalue weighted by Crippen LogP contribution is -2.02. The fourth-order valence-corrected chi connectivity index (χ4v) is 1.80. The highest BCUT2D eigenvalue weighted by atomic mass is 16.6. The first-order valence-corrected chi connectivity index (χ1v) is 6.58. The maximum atomic E-state index is 10.9. The number of aldehydes is 1. The number of unbranched alkanes of at least 4 members (excludes halogenated alkanes) is 3. The molecule has 0 aliphatic carbocycles. The standard InChI is InChI=1S/C14H19NO5/c1-3-4-5-6-7-20-14-9-12(15(17)18)11(10-16)8-13(14)19-2/h8-10H,3-7H2,1-2H3. The molecular formula is C14H19NO5. The van der Waals surface area contributed by atoms with E-state index in [2.05, 4.69) is 6.92 Å². The molecule has 1 rings (SSSR count). The van der Waals surface area contributed by atoms with Gasteiger partial charge < -0.3 is 9.47 Å². The summed E-state index contributed by atoms with van der Waals surface area (Å²) < 4.78 is 10.6. The van der Waals surface area contributed by atoms with Gasteiger partial charge in [-0.05, 0) is 6.42 Å². The third-order valence-electron chi connectivity index (χ3n) is 2.89. The lowest BCUT2D eigenvalue weighted by molar-refractivity contribution is -0.385.